The Labute approximate surface area is 103 Å². The second kappa shape index (κ2) is 23.2. The third kappa shape index (κ3) is 31.9. The van der Waals surface area contributed by atoms with Crippen LogP contribution in [0.15, 0.2) is 20.0 Å². The molecule has 0 aromatic rings. The van der Waals surface area contributed by atoms with Crippen molar-refractivity contribution in [1.82, 2.24) is 0 Å². The van der Waals surface area contributed by atoms with Crippen molar-refractivity contribution in [3.8, 4) is 0 Å². The van der Waals surface area contributed by atoms with Crippen LogP contribution in [0.4, 0.5) is 0 Å². The second-order valence-corrected chi connectivity index (χ2v) is 2.11. The fraction of sp³-hybridized carbons (Fsp3) is 0.600. The maximum atomic E-state index is 3.94. The summed E-state index contributed by atoms with van der Waals surface area (Å²) in [4.78, 5) is 15.2. The first-order chi connectivity index (χ1) is 6.83. The summed E-state index contributed by atoms with van der Waals surface area (Å²) in [6.45, 7) is 5.68. The number of nitrogens with zero attached hydrogens (tertiary/aromatic N) is 4. The molecule has 0 bridgehead atoms. The van der Waals surface area contributed by atoms with E-state index in [1.807, 2.05) is 13.8 Å². The van der Waals surface area contributed by atoms with Crippen molar-refractivity contribution < 1.29 is 17.1 Å². The van der Waals surface area contributed by atoms with Gasteiger partial charge in [-0.05, 0) is 13.8 Å². The van der Waals surface area contributed by atoms with E-state index >= 15 is 0 Å². The van der Waals surface area contributed by atoms with Gasteiger partial charge in [0, 0.05) is 69.1 Å². The van der Waals surface area contributed by atoms with E-state index in [1.165, 1.54) is 0 Å². The van der Waals surface area contributed by atoms with E-state index in [9.17, 15) is 0 Å². The Bertz CT molecular complexity index is 176. The Morgan fingerprint density at radius 3 is 1.27 bits per heavy atom. The van der Waals surface area contributed by atoms with Gasteiger partial charge >= 0.3 is 0 Å². The van der Waals surface area contributed by atoms with Crippen molar-refractivity contribution in [3.05, 3.63) is 0 Å². The van der Waals surface area contributed by atoms with Gasteiger partial charge in [0.2, 0.25) is 0 Å². The van der Waals surface area contributed by atoms with Crippen LogP contribution in [0.3, 0.4) is 0 Å². The first kappa shape index (κ1) is 19.7. The van der Waals surface area contributed by atoms with Gasteiger partial charge in [-0.15, -0.1) is 0 Å². The number of aliphatic imine (C=N–C) groups is 4. The Hall–Kier alpha value is -0.801. The molecular weight excluding hydrogens is 232 g/mol. The Morgan fingerprint density at radius 2 is 1.07 bits per heavy atom. The predicted molar refractivity (Wildman–Crippen MR) is 66.9 cm³/mol. The largest absolute Gasteiger partial charge is 0.295 e. The normalized spacial score (nSPS) is 10.9. The summed E-state index contributed by atoms with van der Waals surface area (Å²) in [6.07, 6.45) is 6.73. The van der Waals surface area contributed by atoms with Gasteiger partial charge in [-0.1, -0.05) is 0 Å². The molecule has 0 fully saturated rings. The summed E-state index contributed by atoms with van der Waals surface area (Å²) in [5.74, 6) is 0. The van der Waals surface area contributed by atoms with Crippen LogP contribution < -0.4 is 0 Å². The van der Waals surface area contributed by atoms with E-state index < -0.39 is 0 Å². The molecule has 0 aromatic heterocycles. The average Bonchev–Trinajstić information content (AvgIpc) is 2.22. The zero-order valence-electron chi connectivity index (χ0n) is 9.87. The van der Waals surface area contributed by atoms with E-state index in [0.717, 1.165) is 13.1 Å². The molecule has 0 aliphatic carbocycles. The van der Waals surface area contributed by atoms with Crippen molar-refractivity contribution in [1.29, 1.82) is 0 Å². The zero-order chi connectivity index (χ0) is 11.1. The summed E-state index contributed by atoms with van der Waals surface area (Å²) >= 11 is 0. The van der Waals surface area contributed by atoms with Crippen molar-refractivity contribution in [3.63, 3.8) is 0 Å². The topological polar surface area (TPSA) is 49.4 Å². The van der Waals surface area contributed by atoms with E-state index in [2.05, 4.69) is 20.0 Å². The van der Waals surface area contributed by atoms with Gasteiger partial charge in [-0.2, -0.15) is 0 Å². The van der Waals surface area contributed by atoms with Gasteiger partial charge in [0.15, 0.2) is 0 Å². The van der Waals surface area contributed by atoms with Crippen molar-refractivity contribution >= 4 is 24.9 Å². The standard InChI is InChI=1S/C6H12N2.C4H8N2.Fe/c1-3-7-5-6-8-4-2;1-5-3-4-6-2;/h5-6H,3-4H2,1-2H3;3-4H,1-2H3;. The number of hydrogen-bond donors (Lipinski definition) is 0. The monoisotopic (exact) mass is 252 g/mol. The minimum absolute atomic E-state index is 0. The summed E-state index contributed by atoms with van der Waals surface area (Å²) in [5, 5.41) is 0. The van der Waals surface area contributed by atoms with Gasteiger partial charge in [0.25, 0.3) is 0 Å². The number of hydrogen-bond acceptors (Lipinski definition) is 4. The van der Waals surface area contributed by atoms with Gasteiger partial charge in [-0.25, -0.2) is 0 Å². The molecule has 5 heteroatoms. The maximum Gasteiger partial charge on any atom is 0.0390 e. The fourth-order valence-corrected chi connectivity index (χ4v) is 0.438. The molecular formula is C10H20FeN4. The van der Waals surface area contributed by atoms with Gasteiger partial charge in [0.05, 0.1) is 0 Å². The van der Waals surface area contributed by atoms with E-state index in [4.69, 9.17) is 0 Å². The number of rotatable bonds is 4. The van der Waals surface area contributed by atoms with Crippen LogP contribution >= 0.6 is 0 Å². The maximum absolute atomic E-state index is 3.94. The first-order valence-corrected chi connectivity index (χ1v) is 4.64. The van der Waals surface area contributed by atoms with Crippen LogP contribution in [0.1, 0.15) is 13.8 Å². The predicted octanol–water partition coefficient (Wildman–Crippen LogP) is 1.55. The molecule has 0 N–H and O–H groups in total. The summed E-state index contributed by atoms with van der Waals surface area (Å²) < 4.78 is 0. The van der Waals surface area contributed by atoms with Gasteiger partial charge < -0.3 is 0 Å². The second-order valence-electron chi connectivity index (χ2n) is 2.11. The SMILES string of the molecule is CCN=CC=NCC.CN=CC=NC.[Fe]. The van der Waals surface area contributed by atoms with Crippen LogP contribution in [0, 0.1) is 0 Å². The Morgan fingerprint density at radius 1 is 0.733 bits per heavy atom. The van der Waals surface area contributed by atoms with Crippen LogP contribution in [0.25, 0.3) is 0 Å². The van der Waals surface area contributed by atoms with Gasteiger partial charge in [-0.3, -0.25) is 20.0 Å². The Kier molecular flexibility index (Phi) is 30.5. The van der Waals surface area contributed by atoms with E-state index in [0.29, 0.717) is 0 Å². The minimum Gasteiger partial charge on any atom is -0.295 e. The molecule has 0 saturated carbocycles. The Balaban J connectivity index is -0.000000187. The molecule has 4 nitrogen and oxygen atoms in total. The van der Waals surface area contributed by atoms with Crippen LogP contribution in [-0.4, -0.2) is 52.0 Å². The molecule has 0 spiro atoms. The molecule has 0 aliphatic heterocycles. The molecule has 0 amide bonds. The van der Waals surface area contributed by atoms with E-state index in [1.54, 1.807) is 39.0 Å². The fourth-order valence-electron chi connectivity index (χ4n) is 0.438. The zero-order valence-corrected chi connectivity index (χ0v) is 11.0. The molecule has 0 atom stereocenters. The van der Waals surface area contributed by atoms with Crippen LogP contribution in [0.2, 0.25) is 0 Å². The quantitative estimate of drug-likeness (QED) is 0.538. The molecule has 88 valence electrons. The summed E-state index contributed by atoms with van der Waals surface area (Å²) in [5.41, 5.74) is 0. The molecule has 0 heterocycles. The average molecular weight is 252 g/mol. The molecule has 0 radical (unpaired) electrons. The third-order valence-corrected chi connectivity index (χ3v) is 1.01. The first-order valence-electron chi connectivity index (χ1n) is 4.64. The molecule has 0 aromatic carbocycles. The minimum atomic E-state index is 0. The van der Waals surface area contributed by atoms with Crippen molar-refractivity contribution in [2.75, 3.05) is 27.2 Å². The molecule has 0 aliphatic rings. The van der Waals surface area contributed by atoms with E-state index in [-0.39, 0.29) is 17.1 Å². The van der Waals surface area contributed by atoms with Crippen molar-refractivity contribution in [2.24, 2.45) is 20.0 Å². The molecule has 15 heavy (non-hydrogen) atoms. The third-order valence-electron chi connectivity index (χ3n) is 1.01. The smallest absolute Gasteiger partial charge is 0.0390 e. The molecule has 0 saturated heterocycles. The van der Waals surface area contributed by atoms with Crippen LogP contribution in [0.5, 0.6) is 0 Å². The summed E-state index contributed by atoms with van der Waals surface area (Å²) in [7, 11) is 3.42. The van der Waals surface area contributed by atoms with Crippen LogP contribution in [-0.2, 0) is 17.1 Å². The summed E-state index contributed by atoms with van der Waals surface area (Å²) in [6, 6.07) is 0. The molecule has 0 rings (SSSR count). The molecule has 0 unspecified atom stereocenters. The van der Waals surface area contributed by atoms with Crippen molar-refractivity contribution in [2.45, 2.75) is 13.8 Å². The van der Waals surface area contributed by atoms with Gasteiger partial charge in [0.1, 0.15) is 0 Å².